The SMILES string of the molecule is CC.Cc1cnc(C2CCCN2CCNC(=O)OC(C)(C)C)nc1. The van der Waals surface area contributed by atoms with Crippen LogP contribution in [-0.4, -0.2) is 46.2 Å². The van der Waals surface area contributed by atoms with E-state index in [1.807, 2.05) is 53.9 Å². The quantitative estimate of drug-likeness (QED) is 0.912. The molecule has 1 aliphatic heterocycles. The predicted octanol–water partition coefficient (Wildman–Crippen LogP) is 3.47. The first-order valence-corrected chi connectivity index (χ1v) is 8.84. The van der Waals surface area contributed by atoms with E-state index in [1.165, 1.54) is 0 Å². The standard InChI is InChI=1S/C16H26N4O2.C2H6/c1-12-10-18-14(19-11-12)13-6-5-8-20(13)9-7-17-15(21)22-16(2,3)4;1-2/h10-11,13H,5-9H2,1-4H3,(H,17,21);1-2H3. The van der Waals surface area contributed by atoms with Crippen LogP contribution in [0.2, 0.25) is 0 Å². The molecule has 2 rings (SSSR count). The van der Waals surface area contributed by atoms with E-state index in [4.69, 9.17) is 4.74 Å². The number of nitrogens with one attached hydrogen (secondary N) is 1. The summed E-state index contributed by atoms with van der Waals surface area (Å²) < 4.78 is 5.23. The summed E-state index contributed by atoms with van der Waals surface area (Å²) >= 11 is 0. The molecular formula is C18H32N4O2. The van der Waals surface area contributed by atoms with E-state index in [1.54, 1.807) is 0 Å². The lowest BCUT2D eigenvalue weighted by molar-refractivity contribution is 0.0521. The second-order valence-electron chi connectivity index (χ2n) is 6.74. The number of hydrogen-bond acceptors (Lipinski definition) is 5. The van der Waals surface area contributed by atoms with E-state index < -0.39 is 5.60 Å². The van der Waals surface area contributed by atoms with Gasteiger partial charge in [-0.3, -0.25) is 4.90 Å². The van der Waals surface area contributed by atoms with Gasteiger partial charge in [-0.1, -0.05) is 13.8 Å². The van der Waals surface area contributed by atoms with Crippen molar-refractivity contribution < 1.29 is 9.53 Å². The molecule has 1 atom stereocenters. The van der Waals surface area contributed by atoms with E-state index in [2.05, 4.69) is 20.2 Å². The second kappa shape index (κ2) is 9.57. The van der Waals surface area contributed by atoms with Gasteiger partial charge in [-0.15, -0.1) is 0 Å². The van der Waals surface area contributed by atoms with Gasteiger partial charge in [0.2, 0.25) is 0 Å². The number of ether oxygens (including phenoxy) is 1. The van der Waals surface area contributed by atoms with Crippen LogP contribution < -0.4 is 5.32 Å². The van der Waals surface area contributed by atoms with Crippen LogP contribution in [0.1, 0.15) is 64.9 Å². The summed E-state index contributed by atoms with van der Waals surface area (Å²) in [6, 6.07) is 0.251. The van der Waals surface area contributed by atoms with Gasteiger partial charge in [0.25, 0.3) is 0 Å². The third-order valence-electron chi connectivity index (χ3n) is 3.53. The zero-order valence-electron chi connectivity index (χ0n) is 15.9. The van der Waals surface area contributed by atoms with Crippen LogP contribution in [0.3, 0.4) is 0 Å². The highest BCUT2D eigenvalue weighted by Crippen LogP contribution is 2.28. The Kier molecular flexibility index (Phi) is 8.11. The van der Waals surface area contributed by atoms with Crippen molar-refractivity contribution in [2.45, 2.75) is 66.0 Å². The summed E-state index contributed by atoms with van der Waals surface area (Å²) in [5, 5.41) is 2.80. The maximum Gasteiger partial charge on any atom is 0.407 e. The first-order chi connectivity index (χ1) is 11.3. The van der Waals surface area contributed by atoms with Crippen molar-refractivity contribution in [3.63, 3.8) is 0 Å². The minimum absolute atomic E-state index is 0.251. The maximum absolute atomic E-state index is 11.6. The highest BCUT2D eigenvalue weighted by atomic mass is 16.6. The molecule has 1 amide bonds. The predicted molar refractivity (Wildman–Crippen MR) is 95.9 cm³/mol. The normalized spacial score (nSPS) is 17.8. The second-order valence-corrected chi connectivity index (χ2v) is 6.74. The molecule has 0 spiro atoms. The van der Waals surface area contributed by atoms with E-state index in [-0.39, 0.29) is 12.1 Å². The topological polar surface area (TPSA) is 67.4 Å². The van der Waals surface area contributed by atoms with Gasteiger partial charge in [0.1, 0.15) is 11.4 Å². The van der Waals surface area contributed by atoms with Crippen LogP contribution >= 0.6 is 0 Å². The van der Waals surface area contributed by atoms with Crippen molar-refractivity contribution in [1.82, 2.24) is 20.2 Å². The molecule has 1 fully saturated rings. The van der Waals surface area contributed by atoms with Gasteiger partial charge in [0, 0.05) is 25.5 Å². The Labute approximate surface area is 146 Å². The summed E-state index contributed by atoms with van der Waals surface area (Å²) in [5.41, 5.74) is 0.607. The number of likely N-dealkylation sites (tertiary alicyclic amines) is 1. The fourth-order valence-corrected chi connectivity index (χ4v) is 2.58. The molecular weight excluding hydrogens is 304 g/mol. The molecule has 6 heteroatoms. The zero-order valence-corrected chi connectivity index (χ0v) is 15.9. The molecule has 0 aliphatic carbocycles. The molecule has 136 valence electrons. The molecule has 0 radical (unpaired) electrons. The number of aromatic nitrogens is 2. The monoisotopic (exact) mass is 336 g/mol. The molecule has 6 nitrogen and oxygen atoms in total. The molecule has 1 N–H and O–H groups in total. The number of amides is 1. The Morgan fingerprint density at radius 3 is 2.54 bits per heavy atom. The molecule has 1 aromatic heterocycles. The van der Waals surface area contributed by atoms with Crippen molar-refractivity contribution in [3.05, 3.63) is 23.8 Å². The molecule has 1 unspecified atom stereocenters. The lowest BCUT2D eigenvalue weighted by Gasteiger charge is -2.24. The average Bonchev–Trinajstić information content (AvgIpc) is 2.97. The number of nitrogens with zero attached hydrogens (tertiary/aromatic N) is 3. The van der Waals surface area contributed by atoms with Crippen molar-refractivity contribution in [2.75, 3.05) is 19.6 Å². The molecule has 0 saturated carbocycles. The molecule has 1 aliphatic rings. The average molecular weight is 336 g/mol. The van der Waals surface area contributed by atoms with Gasteiger partial charge in [-0.05, 0) is 52.6 Å². The zero-order chi connectivity index (χ0) is 18.2. The molecule has 0 aromatic carbocycles. The fraction of sp³-hybridized carbons (Fsp3) is 0.722. The highest BCUT2D eigenvalue weighted by Gasteiger charge is 2.27. The van der Waals surface area contributed by atoms with Crippen LogP contribution in [0, 0.1) is 6.92 Å². The van der Waals surface area contributed by atoms with Crippen molar-refractivity contribution in [1.29, 1.82) is 0 Å². The van der Waals surface area contributed by atoms with Crippen LogP contribution in [0.4, 0.5) is 4.79 Å². The van der Waals surface area contributed by atoms with Gasteiger partial charge >= 0.3 is 6.09 Å². The lowest BCUT2D eigenvalue weighted by Crippen LogP contribution is -2.38. The molecule has 24 heavy (non-hydrogen) atoms. The van der Waals surface area contributed by atoms with Crippen molar-refractivity contribution in [2.24, 2.45) is 0 Å². The number of aryl methyl sites for hydroxylation is 1. The first kappa shape index (κ1) is 20.4. The van der Waals surface area contributed by atoms with Crippen LogP contribution in [0.25, 0.3) is 0 Å². The fourth-order valence-electron chi connectivity index (χ4n) is 2.58. The number of hydrogen-bond donors (Lipinski definition) is 1. The summed E-state index contributed by atoms with van der Waals surface area (Å²) in [6.45, 7) is 13.9. The number of carbonyl (C=O) groups is 1. The molecule has 1 saturated heterocycles. The Hall–Kier alpha value is -1.69. The van der Waals surface area contributed by atoms with E-state index in [0.29, 0.717) is 6.54 Å². The van der Waals surface area contributed by atoms with Crippen molar-refractivity contribution >= 4 is 6.09 Å². The van der Waals surface area contributed by atoms with Gasteiger partial charge in [-0.2, -0.15) is 0 Å². The summed E-state index contributed by atoms with van der Waals surface area (Å²) in [7, 11) is 0. The smallest absolute Gasteiger partial charge is 0.407 e. The van der Waals surface area contributed by atoms with Crippen molar-refractivity contribution in [3.8, 4) is 0 Å². The lowest BCUT2D eigenvalue weighted by atomic mass is 10.2. The van der Waals surface area contributed by atoms with Crippen LogP contribution in [-0.2, 0) is 4.74 Å². The Balaban J connectivity index is 0.00000139. The molecule has 0 bridgehead atoms. The van der Waals surface area contributed by atoms with Gasteiger partial charge in [-0.25, -0.2) is 14.8 Å². The van der Waals surface area contributed by atoms with Gasteiger partial charge < -0.3 is 10.1 Å². The Morgan fingerprint density at radius 2 is 1.96 bits per heavy atom. The van der Waals surface area contributed by atoms with Gasteiger partial charge in [0.15, 0.2) is 0 Å². The summed E-state index contributed by atoms with van der Waals surface area (Å²) in [5.74, 6) is 0.875. The highest BCUT2D eigenvalue weighted by molar-refractivity contribution is 5.67. The number of carbonyl (C=O) groups excluding carboxylic acids is 1. The largest absolute Gasteiger partial charge is 0.444 e. The molecule has 2 heterocycles. The van der Waals surface area contributed by atoms with Crippen LogP contribution in [0.5, 0.6) is 0 Å². The Morgan fingerprint density at radius 1 is 1.33 bits per heavy atom. The third-order valence-corrected chi connectivity index (χ3v) is 3.53. The van der Waals surface area contributed by atoms with Gasteiger partial charge in [0.05, 0.1) is 6.04 Å². The first-order valence-electron chi connectivity index (χ1n) is 8.84. The van der Waals surface area contributed by atoms with E-state index in [0.717, 1.165) is 37.3 Å². The van der Waals surface area contributed by atoms with E-state index >= 15 is 0 Å². The summed E-state index contributed by atoms with van der Waals surface area (Å²) in [6.07, 6.45) is 5.55. The summed E-state index contributed by atoms with van der Waals surface area (Å²) in [4.78, 5) is 22.8. The van der Waals surface area contributed by atoms with Crippen LogP contribution in [0.15, 0.2) is 12.4 Å². The Bertz CT molecular complexity index is 497. The molecule has 1 aromatic rings. The minimum atomic E-state index is -0.462. The van der Waals surface area contributed by atoms with E-state index in [9.17, 15) is 4.79 Å². The third kappa shape index (κ3) is 6.83. The minimum Gasteiger partial charge on any atom is -0.444 e. The number of rotatable bonds is 4. The number of alkyl carbamates (subject to hydrolysis) is 1. The maximum atomic E-state index is 11.6.